The summed E-state index contributed by atoms with van der Waals surface area (Å²) in [5.41, 5.74) is 8.14. The zero-order chi connectivity index (χ0) is 13.1. The largest absolute Gasteiger partial charge is 0.491 e. The minimum absolute atomic E-state index is 0.124. The molecule has 18 heavy (non-hydrogen) atoms. The molecule has 1 aromatic heterocycles. The second-order valence-electron chi connectivity index (χ2n) is 4.40. The standard InChI is InChI=1S/C13H17N3OS/c1-8(2)17-11-7-5-4-6-10(11)12(14)13-9(3)15-16-18-13/h4-8,12H,14H2,1-3H3. The number of nitrogens with two attached hydrogens (primary N) is 1. The van der Waals surface area contributed by atoms with E-state index in [0.29, 0.717) is 0 Å². The summed E-state index contributed by atoms with van der Waals surface area (Å²) in [5, 5.41) is 4.00. The van der Waals surface area contributed by atoms with E-state index in [4.69, 9.17) is 10.5 Å². The summed E-state index contributed by atoms with van der Waals surface area (Å²) < 4.78 is 9.72. The van der Waals surface area contributed by atoms with Gasteiger partial charge in [0, 0.05) is 5.56 Å². The third-order valence-electron chi connectivity index (χ3n) is 2.59. The number of nitrogens with zero attached hydrogens (tertiary/aromatic N) is 2. The Bertz CT molecular complexity index is 524. The topological polar surface area (TPSA) is 61.0 Å². The Hall–Kier alpha value is -1.46. The summed E-state index contributed by atoms with van der Waals surface area (Å²) in [6, 6.07) is 7.61. The maximum Gasteiger partial charge on any atom is 0.124 e. The molecular weight excluding hydrogens is 246 g/mol. The van der Waals surface area contributed by atoms with Crippen LogP contribution >= 0.6 is 11.5 Å². The lowest BCUT2D eigenvalue weighted by molar-refractivity contribution is 0.239. The number of hydrogen-bond acceptors (Lipinski definition) is 5. The Labute approximate surface area is 111 Å². The van der Waals surface area contributed by atoms with Crippen molar-refractivity contribution in [1.82, 2.24) is 9.59 Å². The third kappa shape index (κ3) is 2.68. The summed E-state index contributed by atoms with van der Waals surface area (Å²) in [6.07, 6.45) is 0.124. The number of ether oxygens (including phenoxy) is 1. The Morgan fingerprint density at radius 3 is 2.61 bits per heavy atom. The van der Waals surface area contributed by atoms with Crippen LogP contribution in [0.5, 0.6) is 5.75 Å². The van der Waals surface area contributed by atoms with Gasteiger partial charge in [-0.1, -0.05) is 22.7 Å². The molecule has 0 amide bonds. The van der Waals surface area contributed by atoms with Gasteiger partial charge in [0.1, 0.15) is 5.75 Å². The van der Waals surface area contributed by atoms with E-state index in [1.54, 1.807) is 0 Å². The van der Waals surface area contributed by atoms with Gasteiger partial charge in [-0.3, -0.25) is 0 Å². The van der Waals surface area contributed by atoms with Crippen molar-refractivity contribution >= 4 is 11.5 Å². The maximum atomic E-state index is 6.29. The van der Waals surface area contributed by atoms with Crippen LogP contribution in [0.2, 0.25) is 0 Å². The molecule has 2 rings (SSSR count). The first kappa shape index (κ1) is 13.0. The Morgan fingerprint density at radius 2 is 2.00 bits per heavy atom. The molecular formula is C13H17N3OS. The van der Waals surface area contributed by atoms with E-state index < -0.39 is 0 Å². The van der Waals surface area contributed by atoms with Gasteiger partial charge < -0.3 is 10.5 Å². The van der Waals surface area contributed by atoms with Gasteiger partial charge in [0.2, 0.25) is 0 Å². The monoisotopic (exact) mass is 263 g/mol. The molecule has 5 heteroatoms. The van der Waals surface area contributed by atoms with Gasteiger partial charge in [-0.15, -0.1) is 5.10 Å². The number of para-hydroxylation sites is 1. The molecule has 0 fully saturated rings. The number of aryl methyl sites for hydroxylation is 1. The highest BCUT2D eigenvalue weighted by molar-refractivity contribution is 7.05. The van der Waals surface area contributed by atoms with Crippen LogP contribution in [0, 0.1) is 6.92 Å². The van der Waals surface area contributed by atoms with Gasteiger partial charge in [-0.05, 0) is 38.4 Å². The molecule has 0 bridgehead atoms. The molecule has 0 radical (unpaired) electrons. The van der Waals surface area contributed by atoms with Gasteiger partial charge in [-0.25, -0.2) is 0 Å². The smallest absolute Gasteiger partial charge is 0.124 e. The van der Waals surface area contributed by atoms with Crippen LogP contribution in [0.1, 0.15) is 36.0 Å². The number of benzene rings is 1. The van der Waals surface area contributed by atoms with E-state index in [2.05, 4.69) is 9.59 Å². The fraction of sp³-hybridized carbons (Fsp3) is 0.385. The molecule has 1 unspecified atom stereocenters. The zero-order valence-corrected chi connectivity index (χ0v) is 11.6. The van der Waals surface area contributed by atoms with E-state index in [1.807, 2.05) is 45.0 Å². The van der Waals surface area contributed by atoms with Crippen molar-refractivity contribution in [1.29, 1.82) is 0 Å². The van der Waals surface area contributed by atoms with Crippen molar-refractivity contribution in [2.45, 2.75) is 32.9 Å². The summed E-state index contributed by atoms with van der Waals surface area (Å²) in [4.78, 5) is 0.981. The lowest BCUT2D eigenvalue weighted by atomic mass is 10.0. The number of rotatable bonds is 4. The molecule has 4 nitrogen and oxygen atoms in total. The quantitative estimate of drug-likeness (QED) is 0.921. The molecule has 0 spiro atoms. The predicted octanol–water partition coefficient (Wildman–Crippen LogP) is 2.68. The molecule has 0 saturated carbocycles. The number of hydrogen-bond donors (Lipinski definition) is 1. The summed E-state index contributed by atoms with van der Waals surface area (Å²) in [7, 11) is 0. The molecule has 0 aliphatic carbocycles. The van der Waals surface area contributed by atoms with Crippen molar-refractivity contribution < 1.29 is 4.74 Å². The molecule has 1 heterocycles. The lowest BCUT2D eigenvalue weighted by Gasteiger charge is -2.17. The van der Waals surface area contributed by atoms with Crippen molar-refractivity contribution in [3.05, 3.63) is 40.4 Å². The SMILES string of the molecule is Cc1nnsc1C(N)c1ccccc1OC(C)C. The Kier molecular flexibility index (Phi) is 3.93. The normalized spacial score (nSPS) is 12.7. The highest BCUT2D eigenvalue weighted by Crippen LogP contribution is 2.31. The maximum absolute atomic E-state index is 6.29. The third-order valence-corrected chi connectivity index (χ3v) is 3.50. The van der Waals surface area contributed by atoms with Crippen LogP contribution in [0.25, 0.3) is 0 Å². The molecule has 2 N–H and O–H groups in total. The molecule has 0 saturated heterocycles. The minimum atomic E-state index is -0.236. The van der Waals surface area contributed by atoms with Crippen molar-refractivity contribution in [2.24, 2.45) is 5.73 Å². The zero-order valence-electron chi connectivity index (χ0n) is 10.8. The van der Waals surface area contributed by atoms with Crippen LogP contribution in [0.4, 0.5) is 0 Å². The van der Waals surface area contributed by atoms with Crippen LogP contribution in [0.3, 0.4) is 0 Å². The van der Waals surface area contributed by atoms with Crippen LogP contribution in [-0.2, 0) is 0 Å². The molecule has 96 valence electrons. The van der Waals surface area contributed by atoms with Gasteiger partial charge in [0.15, 0.2) is 0 Å². The van der Waals surface area contributed by atoms with Gasteiger partial charge >= 0.3 is 0 Å². The van der Waals surface area contributed by atoms with E-state index >= 15 is 0 Å². The fourth-order valence-corrected chi connectivity index (χ4v) is 2.43. The Balaban J connectivity index is 2.36. The lowest BCUT2D eigenvalue weighted by Crippen LogP contribution is -2.15. The first-order valence-electron chi connectivity index (χ1n) is 5.89. The van der Waals surface area contributed by atoms with Gasteiger partial charge in [-0.2, -0.15) is 0 Å². The van der Waals surface area contributed by atoms with E-state index in [0.717, 1.165) is 21.9 Å². The second kappa shape index (κ2) is 5.46. The van der Waals surface area contributed by atoms with E-state index in [9.17, 15) is 0 Å². The molecule has 0 aliphatic heterocycles. The van der Waals surface area contributed by atoms with E-state index in [1.165, 1.54) is 11.5 Å². The van der Waals surface area contributed by atoms with Crippen molar-refractivity contribution in [3.8, 4) is 5.75 Å². The van der Waals surface area contributed by atoms with Crippen molar-refractivity contribution in [2.75, 3.05) is 0 Å². The second-order valence-corrected chi connectivity index (χ2v) is 5.19. The fourth-order valence-electron chi connectivity index (χ4n) is 1.76. The number of aromatic nitrogens is 2. The van der Waals surface area contributed by atoms with Crippen LogP contribution in [0.15, 0.2) is 24.3 Å². The first-order valence-corrected chi connectivity index (χ1v) is 6.67. The highest BCUT2D eigenvalue weighted by Gasteiger charge is 2.19. The average Bonchev–Trinajstić information content (AvgIpc) is 2.74. The van der Waals surface area contributed by atoms with Gasteiger partial charge in [0.25, 0.3) is 0 Å². The predicted molar refractivity (Wildman–Crippen MR) is 72.9 cm³/mol. The van der Waals surface area contributed by atoms with Crippen LogP contribution in [-0.4, -0.2) is 15.7 Å². The van der Waals surface area contributed by atoms with E-state index in [-0.39, 0.29) is 12.1 Å². The summed E-state index contributed by atoms with van der Waals surface area (Å²) in [6.45, 7) is 5.92. The van der Waals surface area contributed by atoms with Crippen LogP contribution < -0.4 is 10.5 Å². The van der Waals surface area contributed by atoms with Gasteiger partial charge in [0.05, 0.1) is 22.7 Å². The molecule has 1 atom stereocenters. The highest BCUT2D eigenvalue weighted by atomic mass is 32.1. The molecule has 1 aromatic carbocycles. The Morgan fingerprint density at radius 1 is 1.28 bits per heavy atom. The summed E-state index contributed by atoms with van der Waals surface area (Å²) >= 11 is 1.34. The molecule has 0 aliphatic rings. The van der Waals surface area contributed by atoms with Crippen molar-refractivity contribution in [3.63, 3.8) is 0 Å². The average molecular weight is 263 g/mol. The minimum Gasteiger partial charge on any atom is -0.491 e. The molecule has 2 aromatic rings. The summed E-state index contributed by atoms with van der Waals surface area (Å²) in [5.74, 6) is 0.827. The first-order chi connectivity index (χ1) is 8.59.